The van der Waals surface area contributed by atoms with Gasteiger partial charge in [0.2, 0.25) is 0 Å². The summed E-state index contributed by atoms with van der Waals surface area (Å²) in [6, 6.07) is 28.6. The van der Waals surface area contributed by atoms with Crippen molar-refractivity contribution >= 4 is 5.78 Å². The molecule has 0 bridgehead atoms. The molecule has 5 heteroatoms. The minimum absolute atomic E-state index is 0.249. The second-order valence-electron chi connectivity index (χ2n) is 10.5. The highest BCUT2D eigenvalue weighted by atomic mass is 16.5. The summed E-state index contributed by atoms with van der Waals surface area (Å²) in [5.74, 6) is 0.797. The van der Waals surface area contributed by atoms with Crippen LogP contribution in [0, 0.1) is 6.92 Å². The van der Waals surface area contributed by atoms with Crippen LogP contribution in [0.25, 0.3) is 22.5 Å². The smallest absolute Gasteiger partial charge is 0.173 e. The molecule has 6 rings (SSSR count). The average Bonchev–Trinajstić information content (AvgIpc) is 3.70. The second-order valence-corrected chi connectivity index (χ2v) is 10.5. The first-order valence-electron chi connectivity index (χ1n) is 13.3. The molecule has 1 fully saturated rings. The Labute approximate surface area is 228 Å². The van der Waals surface area contributed by atoms with Gasteiger partial charge in [-0.3, -0.25) is 9.78 Å². The first-order chi connectivity index (χ1) is 18.9. The van der Waals surface area contributed by atoms with E-state index >= 15 is 0 Å². The van der Waals surface area contributed by atoms with Crippen molar-refractivity contribution in [3.8, 4) is 22.5 Å². The molecule has 2 heterocycles. The monoisotopic (exact) mass is 514 g/mol. The van der Waals surface area contributed by atoms with Gasteiger partial charge in [0.1, 0.15) is 11.9 Å². The number of carbonyl (C=O) groups is 1. The fourth-order valence-electron chi connectivity index (χ4n) is 5.42. The first kappa shape index (κ1) is 25.0. The molecule has 194 valence electrons. The lowest BCUT2D eigenvalue weighted by Crippen LogP contribution is -2.16. The summed E-state index contributed by atoms with van der Waals surface area (Å²) in [5.41, 5.74) is 8.03. The fraction of sp³-hybridized carbons (Fsp3) is 0.206. The molecule has 1 aliphatic rings. The van der Waals surface area contributed by atoms with Gasteiger partial charge in [-0.05, 0) is 67.0 Å². The highest BCUT2D eigenvalue weighted by Crippen LogP contribution is 2.49. The summed E-state index contributed by atoms with van der Waals surface area (Å²) < 4.78 is 5.72. The fourth-order valence-corrected chi connectivity index (χ4v) is 5.42. The van der Waals surface area contributed by atoms with Crippen LogP contribution in [-0.4, -0.2) is 21.0 Å². The van der Waals surface area contributed by atoms with E-state index in [9.17, 15) is 9.90 Å². The Bertz CT molecular complexity index is 1620. The predicted molar refractivity (Wildman–Crippen MR) is 151 cm³/mol. The van der Waals surface area contributed by atoms with Gasteiger partial charge in [-0.1, -0.05) is 84.0 Å². The molecule has 0 amide bonds. The molecule has 1 aliphatic carbocycles. The number of ketones is 1. The topological polar surface area (TPSA) is 76.2 Å². The van der Waals surface area contributed by atoms with Gasteiger partial charge in [0.05, 0.1) is 16.7 Å². The molecule has 0 spiro atoms. The molecule has 0 aliphatic heterocycles. The summed E-state index contributed by atoms with van der Waals surface area (Å²) in [6.07, 6.45) is 5.23. The highest BCUT2D eigenvalue weighted by molar-refractivity contribution is 5.91. The zero-order chi connectivity index (χ0) is 27.0. The zero-order valence-corrected chi connectivity index (χ0v) is 22.1. The van der Waals surface area contributed by atoms with Gasteiger partial charge in [0, 0.05) is 23.5 Å². The van der Waals surface area contributed by atoms with Crippen molar-refractivity contribution in [1.29, 1.82) is 0 Å². The van der Waals surface area contributed by atoms with Crippen molar-refractivity contribution < 1.29 is 14.4 Å². The number of aliphatic hydroxyl groups excluding tert-OH is 1. The quantitative estimate of drug-likeness (QED) is 0.241. The van der Waals surface area contributed by atoms with E-state index < -0.39 is 6.10 Å². The van der Waals surface area contributed by atoms with Crippen molar-refractivity contribution in [2.45, 2.75) is 44.6 Å². The molecule has 1 N–H and O–H groups in total. The minimum Gasteiger partial charge on any atom is -0.383 e. The summed E-state index contributed by atoms with van der Waals surface area (Å²) in [7, 11) is 0. The van der Waals surface area contributed by atoms with E-state index in [4.69, 9.17) is 4.52 Å². The Morgan fingerprint density at radius 2 is 1.54 bits per heavy atom. The maximum Gasteiger partial charge on any atom is 0.173 e. The summed E-state index contributed by atoms with van der Waals surface area (Å²) in [5, 5.41) is 15.6. The number of nitrogens with zero attached hydrogens (tertiary/aromatic N) is 2. The van der Waals surface area contributed by atoms with Gasteiger partial charge in [-0.15, -0.1) is 0 Å². The van der Waals surface area contributed by atoms with Crippen molar-refractivity contribution in [2.24, 2.45) is 0 Å². The SMILES string of the molecule is CC(=O)C1(c2ccc(-c3ccc(-c4onc(C)c4C(O)c4cncc(Cc5ccccc5)c4)cc3)cc2)CC1. The Kier molecular flexibility index (Phi) is 6.45. The van der Waals surface area contributed by atoms with Crippen LogP contribution in [-0.2, 0) is 16.6 Å². The third-order valence-corrected chi connectivity index (χ3v) is 7.91. The molecular formula is C34H30N2O3. The van der Waals surface area contributed by atoms with E-state index in [0.29, 0.717) is 22.6 Å². The highest BCUT2D eigenvalue weighted by Gasteiger charge is 2.48. The molecule has 0 radical (unpaired) electrons. The van der Waals surface area contributed by atoms with Crippen LogP contribution in [0.4, 0.5) is 0 Å². The van der Waals surface area contributed by atoms with Crippen molar-refractivity contribution in [2.75, 3.05) is 0 Å². The normalized spacial score (nSPS) is 14.6. The number of aromatic nitrogens is 2. The summed E-state index contributed by atoms with van der Waals surface area (Å²) in [6.45, 7) is 3.53. The Morgan fingerprint density at radius 3 is 2.18 bits per heavy atom. The Hall–Kier alpha value is -4.35. The van der Waals surface area contributed by atoms with Crippen LogP contribution in [0.2, 0.25) is 0 Å². The van der Waals surface area contributed by atoms with Crippen LogP contribution in [0.1, 0.15) is 59.4 Å². The number of carbonyl (C=O) groups excluding carboxylic acids is 1. The number of benzene rings is 3. The van der Waals surface area contributed by atoms with Gasteiger partial charge < -0.3 is 9.63 Å². The van der Waals surface area contributed by atoms with Crippen LogP contribution in [0.15, 0.2) is 102 Å². The molecule has 5 aromatic rings. The second kappa shape index (κ2) is 10.1. The van der Waals surface area contributed by atoms with E-state index in [1.807, 2.05) is 61.7 Å². The van der Waals surface area contributed by atoms with Crippen molar-refractivity contribution in [3.05, 3.63) is 131 Å². The number of rotatable bonds is 8. The molecule has 0 saturated heterocycles. The molecule has 5 nitrogen and oxygen atoms in total. The maximum absolute atomic E-state index is 12.1. The van der Waals surface area contributed by atoms with Crippen LogP contribution >= 0.6 is 0 Å². The molecular weight excluding hydrogens is 484 g/mol. The summed E-state index contributed by atoms with van der Waals surface area (Å²) >= 11 is 0. The van der Waals surface area contributed by atoms with Gasteiger partial charge in [0.15, 0.2) is 5.76 Å². The molecule has 1 unspecified atom stereocenters. The van der Waals surface area contributed by atoms with Crippen LogP contribution in [0.5, 0.6) is 0 Å². The number of hydrogen-bond donors (Lipinski definition) is 1. The van der Waals surface area contributed by atoms with Crippen molar-refractivity contribution in [1.82, 2.24) is 10.1 Å². The van der Waals surface area contributed by atoms with Crippen molar-refractivity contribution in [3.63, 3.8) is 0 Å². The Balaban J connectivity index is 1.24. The minimum atomic E-state index is -0.919. The maximum atomic E-state index is 12.1. The lowest BCUT2D eigenvalue weighted by atomic mass is 9.90. The van der Waals surface area contributed by atoms with E-state index in [1.54, 1.807) is 13.1 Å². The average molecular weight is 515 g/mol. The third kappa shape index (κ3) is 4.82. The number of pyridine rings is 1. The lowest BCUT2D eigenvalue weighted by molar-refractivity contribution is -0.119. The molecule has 2 aromatic heterocycles. The third-order valence-electron chi connectivity index (χ3n) is 7.91. The summed E-state index contributed by atoms with van der Waals surface area (Å²) in [4.78, 5) is 16.5. The predicted octanol–water partition coefficient (Wildman–Crippen LogP) is 7.01. The number of Topliss-reactive ketones (excluding diaryl/α,β-unsaturated/α-hetero) is 1. The zero-order valence-electron chi connectivity index (χ0n) is 22.1. The molecule has 1 atom stereocenters. The number of hydrogen-bond acceptors (Lipinski definition) is 5. The van der Waals surface area contributed by atoms with Crippen LogP contribution in [0.3, 0.4) is 0 Å². The van der Waals surface area contributed by atoms with Gasteiger partial charge >= 0.3 is 0 Å². The van der Waals surface area contributed by atoms with Gasteiger partial charge in [0.25, 0.3) is 0 Å². The molecule has 39 heavy (non-hydrogen) atoms. The van der Waals surface area contributed by atoms with Gasteiger partial charge in [-0.2, -0.15) is 0 Å². The first-order valence-corrected chi connectivity index (χ1v) is 13.3. The number of aliphatic hydroxyl groups is 1. The van der Waals surface area contributed by atoms with Crippen LogP contribution < -0.4 is 0 Å². The molecule has 3 aromatic carbocycles. The van der Waals surface area contributed by atoms with E-state index in [2.05, 4.69) is 46.5 Å². The largest absolute Gasteiger partial charge is 0.383 e. The lowest BCUT2D eigenvalue weighted by Gasteiger charge is -2.14. The standard InChI is InChI=1S/C34H30N2O3/c1-22-31(32(38)29-19-25(20-35-21-29)18-24-6-4-3-5-7-24)33(39-36-22)28-10-8-26(9-11-28)27-12-14-30(15-13-27)34(16-17-34)23(2)37/h3-15,19-21,32,38H,16-18H2,1-2H3. The van der Waals surface area contributed by atoms with Gasteiger partial charge in [-0.25, -0.2) is 0 Å². The Morgan fingerprint density at radius 1 is 0.897 bits per heavy atom. The molecule has 1 saturated carbocycles. The van der Waals surface area contributed by atoms with E-state index in [-0.39, 0.29) is 11.2 Å². The van der Waals surface area contributed by atoms with E-state index in [1.165, 1.54) is 5.56 Å². The number of aryl methyl sites for hydroxylation is 1. The van der Waals surface area contributed by atoms with E-state index in [0.717, 1.165) is 47.1 Å².